The van der Waals surface area contributed by atoms with Crippen LogP contribution in [0.25, 0.3) is 0 Å². The maximum absolute atomic E-state index is 11.2. The summed E-state index contributed by atoms with van der Waals surface area (Å²) < 4.78 is 0. The first-order chi connectivity index (χ1) is 9.49. The summed E-state index contributed by atoms with van der Waals surface area (Å²) >= 11 is 0. The molecule has 0 aliphatic rings. The number of carboxylic acid groups (broad SMARTS) is 1. The van der Waals surface area contributed by atoms with Crippen LogP contribution in [-0.4, -0.2) is 16.0 Å². The van der Waals surface area contributed by atoms with Gasteiger partial charge in [-0.25, -0.2) is 4.79 Å². The molecule has 2 aromatic carbocycles. The van der Waals surface area contributed by atoms with Crippen LogP contribution in [0, 0.1) is 10.1 Å². The number of para-hydroxylation sites is 2. The molecule has 0 atom stereocenters. The van der Waals surface area contributed by atoms with Gasteiger partial charge in [0.1, 0.15) is 0 Å². The number of hydrogen-bond donors (Lipinski definition) is 3. The number of benzene rings is 2. The van der Waals surface area contributed by atoms with Crippen molar-refractivity contribution >= 4 is 28.7 Å². The Balaban J connectivity index is 2.44. The number of carboxylic acids is 1. The SMILES string of the molecule is Nc1ccccc1Nc1ccc([N+](=O)[O-])cc1C(=O)O. The number of non-ortho nitro benzene ring substituents is 1. The lowest BCUT2D eigenvalue weighted by Crippen LogP contribution is -2.05. The molecule has 0 spiro atoms. The Labute approximate surface area is 113 Å². The molecule has 0 fully saturated rings. The van der Waals surface area contributed by atoms with E-state index >= 15 is 0 Å². The van der Waals surface area contributed by atoms with Gasteiger partial charge < -0.3 is 16.2 Å². The molecule has 0 amide bonds. The quantitative estimate of drug-likeness (QED) is 0.447. The van der Waals surface area contributed by atoms with Gasteiger partial charge in [-0.2, -0.15) is 0 Å². The van der Waals surface area contributed by atoms with Crippen LogP contribution in [0.3, 0.4) is 0 Å². The van der Waals surface area contributed by atoms with E-state index in [2.05, 4.69) is 5.32 Å². The van der Waals surface area contributed by atoms with Gasteiger partial charge in [0.05, 0.1) is 27.5 Å². The Hall–Kier alpha value is -3.09. The fraction of sp³-hybridized carbons (Fsp3) is 0. The summed E-state index contributed by atoms with van der Waals surface area (Å²) in [6, 6.07) is 10.4. The van der Waals surface area contributed by atoms with Crippen molar-refractivity contribution in [3.63, 3.8) is 0 Å². The summed E-state index contributed by atoms with van der Waals surface area (Å²) in [6.07, 6.45) is 0. The van der Waals surface area contributed by atoms with Crippen molar-refractivity contribution in [3.05, 3.63) is 58.1 Å². The topological polar surface area (TPSA) is 118 Å². The first-order valence-electron chi connectivity index (χ1n) is 5.62. The van der Waals surface area contributed by atoms with Crippen LogP contribution in [0.2, 0.25) is 0 Å². The van der Waals surface area contributed by atoms with Crippen molar-refractivity contribution in [2.24, 2.45) is 0 Å². The van der Waals surface area contributed by atoms with Gasteiger partial charge in [-0.3, -0.25) is 10.1 Å². The first-order valence-corrected chi connectivity index (χ1v) is 5.62. The van der Waals surface area contributed by atoms with Crippen LogP contribution in [0.5, 0.6) is 0 Å². The fourth-order valence-corrected chi connectivity index (χ4v) is 1.69. The first kappa shape index (κ1) is 13.3. The molecule has 0 bridgehead atoms. The number of nitro benzene ring substituents is 1. The highest BCUT2D eigenvalue weighted by Gasteiger charge is 2.16. The van der Waals surface area contributed by atoms with Crippen LogP contribution >= 0.6 is 0 Å². The minimum Gasteiger partial charge on any atom is -0.478 e. The second kappa shape index (κ2) is 5.27. The number of nitrogen functional groups attached to an aromatic ring is 1. The number of hydrogen-bond acceptors (Lipinski definition) is 5. The van der Waals surface area contributed by atoms with Crippen molar-refractivity contribution in [1.29, 1.82) is 0 Å². The summed E-state index contributed by atoms with van der Waals surface area (Å²) in [4.78, 5) is 21.2. The Morgan fingerprint density at radius 3 is 2.50 bits per heavy atom. The van der Waals surface area contributed by atoms with Crippen LogP contribution < -0.4 is 11.1 Å². The number of nitrogens with zero attached hydrogens (tertiary/aromatic N) is 1. The third-order valence-corrected chi connectivity index (χ3v) is 2.67. The van der Waals surface area contributed by atoms with Gasteiger partial charge in [0.2, 0.25) is 0 Å². The van der Waals surface area contributed by atoms with E-state index in [4.69, 9.17) is 10.8 Å². The molecule has 102 valence electrons. The summed E-state index contributed by atoms with van der Waals surface area (Å²) in [5, 5.41) is 22.7. The zero-order valence-electron chi connectivity index (χ0n) is 10.2. The molecular formula is C13H11N3O4. The van der Waals surface area contributed by atoms with Crippen LogP contribution in [0.15, 0.2) is 42.5 Å². The molecule has 0 aromatic heterocycles. The lowest BCUT2D eigenvalue weighted by atomic mass is 10.1. The minimum atomic E-state index is -1.26. The van der Waals surface area contributed by atoms with E-state index in [1.807, 2.05) is 0 Å². The molecule has 7 nitrogen and oxygen atoms in total. The Kier molecular flexibility index (Phi) is 3.52. The summed E-state index contributed by atoms with van der Waals surface area (Å²) in [6.45, 7) is 0. The van der Waals surface area contributed by atoms with Crippen molar-refractivity contribution in [1.82, 2.24) is 0 Å². The predicted molar refractivity (Wildman–Crippen MR) is 74.2 cm³/mol. The van der Waals surface area contributed by atoms with Crippen molar-refractivity contribution in [2.45, 2.75) is 0 Å². The zero-order valence-corrected chi connectivity index (χ0v) is 10.2. The van der Waals surface area contributed by atoms with E-state index in [1.165, 1.54) is 12.1 Å². The number of nitrogens with one attached hydrogen (secondary N) is 1. The van der Waals surface area contributed by atoms with Gasteiger partial charge in [-0.15, -0.1) is 0 Å². The zero-order chi connectivity index (χ0) is 14.7. The lowest BCUT2D eigenvalue weighted by Gasteiger charge is -2.11. The van der Waals surface area contributed by atoms with Crippen LogP contribution in [-0.2, 0) is 0 Å². The molecule has 4 N–H and O–H groups in total. The second-order valence-corrected chi connectivity index (χ2v) is 4.00. The molecule has 0 unspecified atom stereocenters. The van der Waals surface area contributed by atoms with E-state index in [-0.39, 0.29) is 16.9 Å². The van der Waals surface area contributed by atoms with E-state index < -0.39 is 10.9 Å². The van der Waals surface area contributed by atoms with Gasteiger partial charge in [-0.1, -0.05) is 12.1 Å². The summed E-state index contributed by atoms with van der Waals surface area (Å²) in [5.74, 6) is -1.26. The smallest absolute Gasteiger partial charge is 0.338 e. The number of nitro groups is 1. The van der Waals surface area contributed by atoms with E-state index in [9.17, 15) is 14.9 Å². The van der Waals surface area contributed by atoms with Gasteiger partial charge in [-0.05, 0) is 18.2 Å². The van der Waals surface area contributed by atoms with Crippen molar-refractivity contribution in [2.75, 3.05) is 11.1 Å². The second-order valence-electron chi connectivity index (χ2n) is 4.00. The third kappa shape index (κ3) is 2.66. The standard InChI is InChI=1S/C13H11N3O4/c14-10-3-1-2-4-12(10)15-11-6-5-8(16(19)20)7-9(11)13(17)18/h1-7,15H,14H2,(H,17,18). The molecule has 0 heterocycles. The molecule has 0 aliphatic carbocycles. The van der Waals surface area contributed by atoms with Crippen molar-refractivity contribution < 1.29 is 14.8 Å². The molecule has 20 heavy (non-hydrogen) atoms. The maximum atomic E-state index is 11.2. The molecule has 7 heteroatoms. The van der Waals surface area contributed by atoms with Crippen LogP contribution in [0.4, 0.5) is 22.7 Å². The number of aromatic carboxylic acids is 1. The van der Waals surface area contributed by atoms with E-state index in [0.717, 1.165) is 6.07 Å². The maximum Gasteiger partial charge on any atom is 0.338 e. The number of rotatable bonds is 4. The monoisotopic (exact) mass is 273 g/mol. The largest absolute Gasteiger partial charge is 0.478 e. The van der Waals surface area contributed by atoms with Crippen molar-refractivity contribution in [3.8, 4) is 0 Å². The predicted octanol–water partition coefficient (Wildman–Crippen LogP) is 2.62. The molecule has 2 aromatic rings. The summed E-state index contributed by atoms with van der Waals surface area (Å²) in [7, 11) is 0. The molecule has 0 saturated carbocycles. The van der Waals surface area contributed by atoms with E-state index in [0.29, 0.717) is 11.4 Å². The Morgan fingerprint density at radius 2 is 1.90 bits per heavy atom. The van der Waals surface area contributed by atoms with Crippen LogP contribution in [0.1, 0.15) is 10.4 Å². The van der Waals surface area contributed by atoms with Gasteiger partial charge in [0.25, 0.3) is 5.69 Å². The van der Waals surface area contributed by atoms with Gasteiger partial charge in [0, 0.05) is 12.1 Å². The molecule has 0 radical (unpaired) electrons. The van der Waals surface area contributed by atoms with Gasteiger partial charge in [0.15, 0.2) is 0 Å². The molecular weight excluding hydrogens is 262 g/mol. The van der Waals surface area contributed by atoms with E-state index in [1.54, 1.807) is 24.3 Å². The number of carbonyl (C=O) groups is 1. The lowest BCUT2D eigenvalue weighted by molar-refractivity contribution is -0.384. The normalized spacial score (nSPS) is 10.0. The molecule has 2 rings (SSSR count). The Morgan fingerprint density at radius 1 is 1.20 bits per heavy atom. The highest BCUT2D eigenvalue weighted by molar-refractivity contribution is 5.96. The highest BCUT2D eigenvalue weighted by atomic mass is 16.6. The highest BCUT2D eigenvalue weighted by Crippen LogP contribution is 2.27. The average Bonchev–Trinajstić information content (AvgIpc) is 2.41. The number of nitrogens with two attached hydrogens (primary N) is 1. The third-order valence-electron chi connectivity index (χ3n) is 2.67. The minimum absolute atomic E-state index is 0.192. The average molecular weight is 273 g/mol. The summed E-state index contributed by atoms with van der Waals surface area (Å²) in [5.41, 5.74) is 6.49. The molecule has 0 saturated heterocycles. The Bertz CT molecular complexity index is 685. The van der Waals surface area contributed by atoms with Gasteiger partial charge >= 0.3 is 5.97 Å². The molecule has 0 aliphatic heterocycles. The fourth-order valence-electron chi connectivity index (χ4n) is 1.69. The number of anilines is 3.